The molecule has 4 amide bonds. The van der Waals surface area contributed by atoms with E-state index < -0.39 is 95.8 Å². The van der Waals surface area contributed by atoms with Crippen LogP contribution in [0.3, 0.4) is 0 Å². The molecule has 3 atom stereocenters. The van der Waals surface area contributed by atoms with Crippen molar-refractivity contribution in [3.8, 4) is 11.4 Å². The van der Waals surface area contributed by atoms with Gasteiger partial charge in [-0.05, 0) is 30.0 Å². The first-order valence-corrected chi connectivity index (χ1v) is 11.4. The molecule has 1 aromatic heterocycles. The molecule has 4 heterocycles. The van der Waals surface area contributed by atoms with Crippen molar-refractivity contribution >= 4 is 23.5 Å². The molecule has 0 bridgehead atoms. The Morgan fingerprint density at radius 1 is 1.08 bits per heavy atom. The highest BCUT2D eigenvalue weighted by Gasteiger charge is 2.65. The molecule has 0 radical (unpaired) electrons. The van der Waals surface area contributed by atoms with Crippen LogP contribution in [0.2, 0.25) is 0 Å². The number of barbiturate groups is 1. The summed E-state index contributed by atoms with van der Waals surface area (Å²) in [7, 11) is 0. The van der Waals surface area contributed by atoms with Crippen molar-refractivity contribution < 1.29 is 54.4 Å². The number of halogens is 7. The van der Waals surface area contributed by atoms with E-state index in [1.165, 1.54) is 13.8 Å². The van der Waals surface area contributed by atoms with Gasteiger partial charge in [-0.25, -0.2) is 9.18 Å². The summed E-state index contributed by atoms with van der Waals surface area (Å²) in [5.41, 5.74) is -3.07. The average Bonchev–Trinajstić information content (AvgIpc) is 3.31. The maximum absolute atomic E-state index is 15.3. The van der Waals surface area contributed by atoms with E-state index in [9.17, 15) is 40.7 Å². The number of carbonyl (C=O) groups is 3. The Balaban J connectivity index is 1.71. The number of benzene rings is 1. The molecule has 3 aliphatic rings. The molecule has 3 aliphatic heterocycles. The van der Waals surface area contributed by atoms with Gasteiger partial charge >= 0.3 is 24.3 Å². The van der Waals surface area contributed by atoms with Crippen molar-refractivity contribution in [2.75, 3.05) is 11.4 Å². The molecule has 5 rings (SSSR count). The van der Waals surface area contributed by atoms with E-state index in [1.807, 2.05) is 10.6 Å². The Morgan fingerprint density at radius 3 is 2.26 bits per heavy atom. The zero-order valence-corrected chi connectivity index (χ0v) is 19.9. The van der Waals surface area contributed by atoms with Crippen molar-refractivity contribution in [3.05, 3.63) is 29.4 Å². The van der Waals surface area contributed by atoms with Gasteiger partial charge in [-0.1, -0.05) is 19.0 Å². The van der Waals surface area contributed by atoms with Gasteiger partial charge in [-0.3, -0.25) is 20.2 Å². The molecule has 0 saturated carbocycles. The van der Waals surface area contributed by atoms with E-state index in [-0.39, 0.29) is 11.3 Å². The number of hydrogen-bond donors (Lipinski definition) is 2. The van der Waals surface area contributed by atoms with Crippen LogP contribution in [0.15, 0.2) is 16.7 Å². The highest BCUT2D eigenvalue weighted by atomic mass is 19.4. The highest BCUT2D eigenvalue weighted by Crippen LogP contribution is 2.50. The van der Waals surface area contributed by atoms with Crippen LogP contribution in [0.5, 0.6) is 0 Å². The van der Waals surface area contributed by atoms with Crippen LogP contribution in [-0.2, 0) is 26.9 Å². The highest BCUT2D eigenvalue weighted by molar-refractivity contribution is 6.20. The Morgan fingerprint density at radius 2 is 1.72 bits per heavy atom. The minimum atomic E-state index is -5.04. The third kappa shape index (κ3) is 4.18. The fourth-order valence-corrected chi connectivity index (χ4v) is 5.31. The molecule has 210 valence electrons. The normalized spacial score (nSPS) is 24.9. The molecule has 17 heteroatoms. The van der Waals surface area contributed by atoms with Gasteiger partial charge in [0.1, 0.15) is 5.82 Å². The SMILES string of the molecule is CC(C)C1O[C@H](C(F)(F)F)CN2c3cc(F)c(-c4noc(C(F)(F)F)n4)cc3CC3(C(=O)NC(=O)NC3=O)[C@@H]12. The van der Waals surface area contributed by atoms with Crippen LogP contribution in [-0.4, -0.2) is 59.0 Å². The number of anilines is 1. The number of morpholine rings is 1. The smallest absolute Gasteiger partial charge is 0.361 e. The maximum Gasteiger partial charge on any atom is 0.471 e. The number of rotatable bonds is 2. The van der Waals surface area contributed by atoms with E-state index in [0.717, 1.165) is 17.0 Å². The number of aromatic nitrogens is 2. The third-order valence-corrected chi connectivity index (χ3v) is 6.98. The van der Waals surface area contributed by atoms with Crippen LogP contribution in [0, 0.1) is 17.2 Å². The molecule has 2 N–H and O–H groups in total. The number of urea groups is 1. The second kappa shape index (κ2) is 8.62. The molecule has 1 unspecified atom stereocenters. The van der Waals surface area contributed by atoms with E-state index in [2.05, 4.69) is 14.7 Å². The lowest BCUT2D eigenvalue weighted by Gasteiger charge is -2.57. The van der Waals surface area contributed by atoms with E-state index in [4.69, 9.17) is 4.74 Å². The molecule has 1 spiro atoms. The summed E-state index contributed by atoms with van der Waals surface area (Å²) in [5.74, 6) is -6.72. The first-order valence-electron chi connectivity index (χ1n) is 11.4. The number of alkyl halides is 6. The van der Waals surface area contributed by atoms with Gasteiger partial charge in [-0.2, -0.15) is 31.3 Å². The molecule has 1 aromatic carbocycles. The van der Waals surface area contributed by atoms with E-state index in [0.29, 0.717) is 0 Å². The predicted molar refractivity (Wildman–Crippen MR) is 113 cm³/mol. The quantitative estimate of drug-likeness (QED) is 0.421. The lowest BCUT2D eigenvalue weighted by Crippen LogP contribution is -2.76. The number of amides is 4. The zero-order valence-electron chi connectivity index (χ0n) is 19.9. The second-order valence-corrected chi connectivity index (χ2v) is 9.74. The summed E-state index contributed by atoms with van der Waals surface area (Å²) in [5, 5.41) is 7.06. The number of fused-ring (bicyclic) bond motifs is 4. The number of hydrogen-bond acceptors (Lipinski definition) is 8. The molecule has 10 nitrogen and oxygen atoms in total. The largest absolute Gasteiger partial charge is 0.471 e. The van der Waals surface area contributed by atoms with Gasteiger partial charge in [0, 0.05) is 5.69 Å². The summed E-state index contributed by atoms with van der Waals surface area (Å²) in [6, 6.07) is -0.851. The monoisotopic (exact) mass is 565 g/mol. The summed E-state index contributed by atoms with van der Waals surface area (Å²) >= 11 is 0. The van der Waals surface area contributed by atoms with Crippen LogP contribution >= 0.6 is 0 Å². The Labute approximate surface area is 213 Å². The number of imide groups is 2. The van der Waals surface area contributed by atoms with Crippen molar-refractivity contribution in [2.24, 2.45) is 11.3 Å². The number of carbonyl (C=O) groups excluding carboxylic acids is 3. The van der Waals surface area contributed by atoms with Crippen molar-refractivity contribution in [2.45, 2.75) is 50.9 Å². The summed E-state index contributed by atoms with van der Waals surface area (Å²) in [6.45, 7) is 2.07. The molecule has 2 saturated heterocycles. The summed E-state index contributed by atoms with van der Waals surface area (Å²) in [6.07, 6.45) is -14.3. The Bertz CT molecular complexity index is 1350. The van der Waals surface area contributed by atoms with Gasteiger partial charge in [0.25, 0.3) is 0 Å². The lowest BCUT2D eigenvalue weighted by molar-refractivity contribution is -0.250. The van der Waals surface area contributed by atoms with E-state index in [1.54, 1.807) is 0 Å². The van der Waals surface area contributed by atoms with Crippen molar-refractivity contribution in [1.82, 2.24) is 20.8 Å². The fraction of sp³-hybridized carbons (Fsp3) is 0.500. The van der Waals surface area contributed by atoms with Gasteiger partial charge in [0.15, 0.2) is 11.5 Å². The van der Waals surface area contributed by atoms with Crippen molar-refractivity contribution in [1.29, 1.82) is 0 Å². The molecule has 39 heavy (non-hydrogen) atoms. The van der Waals surface area contributed by atoms with E-state index >= 15 is 4.39 Å². The first kappa shape index (κ1) is 26.8. The molecular formula is C22H18F7N5O5. The molecule has 2 aromatic rings. The van der Waals surface area contributed by atoms with Gasteiger partial charge in [0.05, 0.1) is 24.3 Å². The fourth-order valence-electron chi connectivity index (χ4n) is 5.31. The standard InChI is InChI=1S/C22H18F7N5O5/c1-7(2)13-14-20(16(35)31-19(37)32-17(20)36)5-8-3-9(15-30-18(39-33-15)22(27,28)29)10(23)4-11(8)34(14)6-12(38-13)21(24,25)26/h3-4,7,12-14H,5-6H2,1-2H3,(H2,31,32,35,36,37)/t12-,13?,14+/m0/s1. The van der Waals surface area contributed by atoms with Crippen LogP contribution in [0.25, 0.3) is 11.4 Å². The molecular weight excluding hydrogens is 547 g/mol. The zero-order chi connectivity index (χ0) is 28.7. The number of nitrogens with one attached hydrogen (secondary N) is 2. The maximum atomic E-state index is 15.3. The predicted octanol–water partition coefficient (Wildman–Crippen LogP) is 2.96. The number of ether oxygens (including phenoxy) is 1. The van der Waals surface area contributed by atoms with Crippen LogP contribution in [0.1, 0.15) is 25.3 Å². The van der Waals surface area contributed by atoms with Crippen LogP contribution < -0.4 is 15.5 Å². The first-order chi connectivity index (χ1) is 18.0. The second-order valence-electron chi connectivity index (χ2n) is 9.74. The summed E-state index contributed by atoms with van der Waals surface area (Å²) in [4.78, 5) is 42.6. The minimum absolute atomic E-state index is 0.0778. The third-order valence-electron chi connectivity index (χ3n) is 6.98. The molecule has 0 aliphatic carbocycles. The van der Waals surface area contributed by atoms with Crippen molar-refractivity contribution in [3.63, 3.8) is 0 Å². The minimum Gasteiger partial charge on any atom is -0.361 e. The van der Waals surface area contributed by atoms with Gasteiger partial charge in [-0.15, -0.1) is 0 Å². The summed E-state index contributed by atoms with van der Waals surface area (Å²) < 4.78 is 105. The topological polar surface area (TPSA) is 127 Å². The Hall–Kier alpha value is -3.76. The van der Waals surface area contributed by atoms with Gasteiger partial charge < -0.3 is 14.2 Å². The lowest BCUT2D eigenvalue weighted by atomic mass is 9.65. The van der Waals surface area contributed by atoms with Gasteiger partial charge in [0.2, 0.25) is 17.6 Å². The Kier molecular flexibility index (Phi) is 5.93. The average molecular weight is 565 g/mol. The van der Waals surface area contributed by atoms with Crippen LogP contribution in [0.4, 0.5) is 41.2 Å². The number of nitrogens with zero attached hydrogens (tertiary/aromatic N) is 3. The molecule has 2 fully saturated rings.